The van der Waals surface area contributed by atoms with Gasteiger partial charge in [-0.05, 0) is 24.6 Å². The average Bonchev–Trinajstić information content (AvgIpc) is 2.30. The first-order chi connectivity index (χ1) is 8.17. The van der Waals surface area contributed by atoms with Crippen molar-refractivity contribution in [1.82, 2.24) is 0 Å². The van der Waals surface area contributed by atoms with Gasteiger partial charge in [-0.1, -0.05) is 11.6 Å². The van der Waals surface area contributed by atoms with Gasteiger partial charge >= 0.3 is 0 Å². The Balaban J connectivity index is 2.51. The van der Waals surface area contributed by atoms with Crippen LogP contribution in [0, 0.1) is 11.3 Å². The molecule has 1 rings (SSSR count). The summed E-state index contributed by atoms with van der Waals surface area (Å²) in [4.78, 5) is 0. The molecule has 4 nitrogen and oxygen atoms in total. The molecule has 0 fully saturated rings. The van der Waals surface area contributed by atoms with Gasteiger partial charge < -0.3 is 15.2 Å². The maximum Gasteiger partial charge on any atom is 0.101 e. The fourth-order valence-corrected chi connectivity index (χ4v) is 1.58. The van der Waals surface area contributed by atoms with Gasteiger partial charge in [-0.3, -0.25) is 0 Å². The van der Waals surface area contributed by atoms with E-state index in [1.807, 2.05) is 0 Å². The lowest BCUT2D eigenvalue weighted by molar-refractivity contribution is 0.0615. The molecule has 2 N–H and O–H groups in total. The zero-order chi connectivity index (χ0) is 12.7. The fourth-order valence-electron chi connectivity index (χ4n) is 1.41. The molecule has 0 amide bonds. The summed E-state index contributed by atoms with van der Waals surface area (Å²) < 4.78 is 4.82. The Morgan fingerprint density at radius 3 is 3.00 bits per heavy atom. The summed E-state index contributed by atoms with van der Waals surface area (Å²) in [5, 5.41) is 22.0. The van der Waals surface area contributed by atoms with E-state index in [1.54, 1.807) is 25.3 Å². The van der Waals surface area contributed by atoms with Crippen LogP contribution >= 0.6 is 11.6 Å². The summed E-state index contributed by atoms with van der Waals surface area (Å²) in [6.07, 6.45) is 0.0443. The van der Waals surface area contributed by atoms with Gasteiger partial charge in [-0.25, -0.2) is 0 Å². The molecule has 92 valence electrons. The number of hydrogen-bond acceptors (Lipinski definition) is 4. The van der Waals surface area contributed by atoms with Crippen molar-refractivity contribution in [3.05, 3.63) is 28.8 Å². The summed E-state index contributed by atoms with van der Waals surface area (Å²) >= 11 is 5.85. The first-order valence-corrected chi connectivity index (χ1v) is 5.65. The number of anilines is 1. The number of ether oxygens (including phenoxy) is 1. The third kappa shape index (κ3) is 4.61. The smallest absolute Gasteiger partial charge is 0.101 e. The lowest BCUT2D eigenvalue weighted by atomic mass is 10.2. The predicted molar refractivity (Wildman–Crippen MR) is 67.2 cm³/mol. The SMILES string of the molecule is COCC(O)CCNc1cc(Cl)ccc1C#N. The van der Waals surface area contributed by atoms with E-state index in [2.05, 4.69) is 11.4 Å². The van der Waals surface area contributed by atoms with Crippen molar-refractivity contribution in [2.24, 2.45) is 0 Å². The third-order valence-electron chi connectivity index (χ3n) is 2.25. The van der Waals surface area contributed by atoms with Crippen LogP contribution < -0.4 is 5.32 Å². The minimum Gasteiger partial charge on any atom is -0.391 e. The topological polar surface area (TPSA) is 65.3 Å². The number of aliphatic hydroxyl groups excluding tert-OH is 1. The number of nitriles is 1. The number of nitrogens with one attached hydrogen (secondary N) is 1. The Kier molecular flexibility index (Phi) is 5.78. The van der Waals surface area contributed by atoms with Crippen molar-refractivity contribution >= 4 is 17.3 Å². The Labute approximate surface area is 106 Å². The van der Waals surface area contributed by atoms with Crippen molar-refractivity contribution in [2.75, 3.05) is 25.6 Å². The van der Waals surface area contributed by atoms with E-state index in [0.717, 1.165) is 0 Å². The Hall–Kier alpha value is -1.28. The Morgan fingerprint density at radius 2 is 2.35 bits per heavy atom. The normalized spacial score (nSPS) is 11.9. The molecule has 5 heteroatoms. The van der Waals surface area contributed by atoms with E-state index in [9.17, 15) is 5.11 Å². The monoisotopic (exact) mass is 254 g/mol. The second kappa shape index (κ2) is 7.13. The molecule has 1 atom stereocenters. The molecule has 0 heterocycles. The quantitative estimate of drug-likeness (QED) is 0.815. The van der Waals surface area contributed by atoms with Crippen molar-refractivity contribution < 1.29 is 9.84 Å². The summed E-state index contributed by atoms with van der Waals surface area (Å²) in [5.41, 5.74) is 1.22. The molecule has 0 radical (unpaired) electrons. The molecule has 0 spiro atoms. The maximum absolute atomic E-state index is 9.45. The first-order valence-electron chi connectivity index (χ1n) is 5.28. The van der Waals surface area contributed by atoms with E-state index in [4.69, 9.17) is 21.6 Å². The van der Waals surface area contributed by atoms with Crippen LogP contribution in [0.15, 0.2) is 18.2 Å². The summed E-state index contributed by atoms with van der Waals surface area (Å²) in [6, 6.07) is 7.11. The fraction of sp³-hybridized carbons (Fsp3) is 0.417. The Morgan fingerprint density at radius 1 is 1.59 bits per heavy atom. The van der Waals surface area contributed by atoms with Gasteiger partial charge in [0.05, 0.1) is 24.0 Å². The van der Waals surface area contributed by atoms with E-state index in [0.29, 0.717) is 35.8 Å². The van der Waals surface area contributed by atoms with Crippen LogP contribution in [0.1, 0.15) is 12.0 Å². The zero-order valence-electron chi connectivity index (χ0n) is 9.61. The number of rotatable bonds is 6. The van der Waals surface area contributed by atoms with Crippen LogP contribution in [-0.2, 0) is 4.74 Å². The molecule has 1 aromatic rings. The highest BCUT2D eigenvalue weighted by molar-refractivity contribution is 6.30. The molecule has 0 aliphatic carbocycles. The van der Waals surface area contributed by atoms with Crippen LogP contribution in [-0.4, -0.2) is 31.5 Å². The van der Waals surface area contributed by atoms with Crippen LogP contribution in [0.25, 0.3) is 0 Å². The summed E-state index contributed by atoms with van der Waals surface area (Å²) in [6.45, 7) is 0.863. The Bertz CT molecular complexity index is 404. The highest BCUT2D eigenvalue weighted by Gasteiger charge is 2.05. The molecule has 1 aromatic carbocycles. The first kappa shape index (κ1) is 13.8. The summed E-state index contributed by atoms with van der Waals surface area (Å²) in [5.74, 6) is 0. The molecular formula is C12H15ClN2O2. The van der Waals surface area contributed by atoms with Crippen molar-refractivity contribution in [3.8, 4) is 6.07 Å². The average molecular weight is 255 g/mol. The van der Waals surface area contributed by atoms with Crippen LogP contribution in [0.5, 0.6) is 0 Å². The van der Waals surface area contributed by atoms with E-state index < -0.39 is 6.10 Å². The second-order valence-electron chi connectivity index (χ2n) is 3.63. The minimum atomic E-state index is -0.503. The molecular weight excluding hydrogens is 240 g/mol. The molecule has 17 heavy (non-hydrogen) atoms. The van der Waals surface area contributed by atoms with Crippen LogP contribution in [0.3, 0.4) is 0 Å². The number of benzene rings is 1. The number of hydrogen-bond donors (Lipinski definition) is 2. The van der Waals surface area contributed by atoms with Gasteiger partial charge in [0.25, 0.3) is 0 Å². The number of methoxy groups -OCH3 is 1. The largest absolute Gasteiger partial charge is 0.391 e. The van der Waals surface area contributed by atoms with E-state index in [-0.39, 0.29) is 0 Å². The number of aliphatic hydroxyl groups is 1. The van der Waals surface area contributed by atoms with Gasteiger partial charge in [0, 0.05) is 18.7 Å². The standard InChI is InChI=1S/C12H15ClN2O2/c1-17-8-11(16)4-5-15-12-6-10(13)3-2-9(12)7-14/h2-3,6,11,15-16H,4-5,8H2,1H3. The van der Waals surface area contributed by atoms with Crippen molar-refractivity contribution in [2.45, 2.75) is 12.5 Å². The lowest BCUT2D eigenvalue weighted by Crippen LogP contribution is -2.18. The van der Waals surface area contributed by atoms with Gasteiger partial charge in [-0.15, -0.1) is 0 Å². The predicted octanol–water partition coefficient (Wildman–Crippen LogP) is 2.02. The third-order valence-corrected chi connectivity index (χ3v) is 2.49. The molecule has 0 aromatic heterocycles. The summed E-state index contributed by atoms with van der Waals surface area (Å²) in [7, 11) is 1.54. The minimum absolute atomic E-state index is 0.308. The molecule has 0 saturated carbocycles. The molecule has 0 bridgehead atoms. The van der Waals surface area contributed by atoms with Gasteiger partial charge in [0.2, 0.25) is 0 Å². The lowest BCUT2D eigenvalue weighted by Gasteiger charge is -2.12. The van der Waals surface area contributed by atoms with Gasteiger partial charge in [0.1, 0.15) is 6.07 Å². The van der Waals surface area contributed by atoms with Crippen molar-refractivity contribution in [1.29, 1.82) is 5.26 Å². The van der Waals surface area contributed by atoms with Gasteiger partial charge in [-0.2, -0.15) is 5.26 Å². The highest BCUT2D eigenvalue weighted by Crippen LogP contribution is 2.20. The molecule has 0 aliphatic rings. The van der Waals surface area contributed by atoms with Crippen LogP contribution in [0.2, 0.25) is 5.02 Å². The highest BCUT2D eigenvalue weighted by atomic mass is 35.5. The van der Waals surface area contributed by atoms with Gasteiger partial charge in [0.15, 0.2) is 0 Å². The molecule has 1 unspecified atom stereocenters. The molecule has 0 saturated heterocycles. The van der Waals surface area contributed by atoms with E-state index in [1.165, 1.54) is 0 Å². The second-order valence-corrected chi connectivity index (χ2v) is 4.06. The molecule has 0 aliphatic heterocycles. The van der Waals surface area contributed by atoms with E-state index >= 15 is 0 Å². The maximum atomic E-state index is 9.45. The number of halogens is 1. The van der Waals surface area contributed by atoms with Crippen LogP contribution in [0.4, 0.5) is 5.69 Å². The number of nitrogens with zero attached hydrogens (tertiary/aromatic N) is 1. The van der Waals surface area contributed by atoms with Crippen molar-refractivity contribution in [3.63, 3.8) is 0 Å². The zero-order valence-corrected chi connectivity index (χ0v) is 10.4.